The second-order valence-electron chi connectivity index (χ2n) is 3.71. The molecule has 2 N–H and O–H groups in total. The third kappa shape index (κ3) is 2.80. The number of rotatable bonds is 4. The lowest BCUT2D eigenvalue weighted by atomic mass is 10.0. The third-order valence-corrected chi connectivity index (χ3v) is 3.07. The molecule has 0 atom stereocenters. The van der Waals surface area contributed by atoms with Crippen molar-refractivity contribution in [1.29, 1.82) is 0 Å². The molecule has 0 aliphatic rings. The van der Waals surface area contributed by atoms with Crippen molar-refractivity contribution in [2.45, 2.75) is 0 Å². The number of hydrogen-bond donors (Lipinski definition) is 4. The summed E-state index contributed by atoms with van der Waals surface area (Å²) in [6.45, 7) is 0. The summed E-state index contributed by atoms with van der Waals surface area (Å²) in [5.41, 5.74) is 3.00. The molecule has 0 amide bonds. The summed E-state index contributed by atoms with van der Waals surface area (Å²) in [6.07, 6.45) is 0. The first kappa shape index (κ1) is 12.9. The van der Waals surface area contributed by atoms with Crippen molar-refractivity contribution >= 4 is 42.8 Å². The van der Waals surface area contributed by atoms with Gasteiger partial charge in [0.1, 0.15) is 0 Å². The molecule has 0 unspecified atom stereocenters. The highest BCUT2D eigenvalue weighted by Gasteiger charge is 2.08. The van der Waals surface area contributed by atoms with Gasteiger partial charge in [0.2, 0.25) is 0 Å². The highest BCUT2D eigenvalue weighted by Crippen LogP contribution is 2.16. The monoisotopic (exact) mass is 276 g/mol. The summed E-state index contributed by atoms with van der Waals surface area (Å²) in [7, 11) is 0. The molecule has 0 saturated carbocycles. The molecule has 2 aromatic rings. The molecule has 0 spiro atoms. The lowest BCUT2D eigenvalue weighted by molar-refractivity contribution is 0.103. The van der Waals surface area contributed by atoms with Gasteiger partial charge in [-0.2, -0.15) is 0 Å². The van der Waals surface area contributed by atoms with Crippen LogP contribution in [-0.4, -0.2) is 5.78 Å². The maximum Gasteiger partial charge on any atom is 0.193 e. The van der Waals surface area contributed by atoms with Crippen LogP contribution in [0.3, 0.4) is 0 Å². The molecule has 0 heterocycles. The van der Waals surface area contributed by atoms with Gasteiger partial charge in [0.05, 0.1) is 0 Å². The van der Waals surface area contributed by atoms with Gasteiger partial charge in [0.15, 0.2) is 5.78 Å². The van der Waals surface area contributed by atoms with E-state index in [4.69, 9.17) is 0 Å². The van der Waals surface area contributed by atoms with E-state index in [0.29, 0.717) is 11.1 Å². The minimum Gasteiger partial charge on any atom is -0.332 e. The second-order valence-corrected chi connectivity index (χ2v) is 4.15. The van der Waals surface area contributed by atoms with Crippen molar-refractivity contribution in [3.05, 3.63) is 59.7 Å². The topological polar surface area (TPSA) is 41.1 Å². The van der Waals surface area contributed by atoms with Crippen LogP contribution in [0.4, 0.5) is 11.4 Å². The van der Waals surface area contributed by atoms with E-state index in [1.807, 2.05) is 24.3 Å². The largest absolute Gasteiger partial charge is 0.332 e. The lowest BCUT2D eigenvalue weighted by Gasteiger charge is -2.04. The van der Waals surface area contributed by atoms with Crippen molar-refractivity contribution < 1.29 is 4.79 Å². The summed E-state index contributed by atoms with van der Waals surface area (Å²) < 4.78 is 5.43. The quantitative estimate of drug-likeness (QED) is 0.511. The van der Waals surface area contributed by atoms with Gasteiger partial charge in [-0.3, -0.25) is 4.79 Å². The van der Waals surface area contributed by atoms with Crippen LogP contribution >= 0.6 is 25.6 Å². The van der Waals surface area contributed by atoms with Crippen LogP contribution in [0.1, 0.15) is 15.9 Å². The first-order chi connectivity index (χ1) is 8.74. The average molecular weight is 276 g/mol. The van der Waals surface area contributed by atoms with E-state index in [1.165, 1.54) is 0 Å². The van der Waals surface area contributed by atoms with Crippen molar-refractivity contribution in [2.75, 3.05) is 9.44 Å². The molecular weight excluding hydrogens is 264 g/mol. The van der Waals surface area contributed by atoms with Crippen LogP contribution < -0.4 is 9.44 Å². The summed E-state index contributed by atoms with van der Waals surface area (Å²) in [5.74, 6) is -0.00794. The average Bonchev–Trinajstić information content (AvgIpc) is 2.47. The van der Waals surface area contributed by atoms with E-state index in [9.17, 15) is 4.79 Å². The number of anilines is 2. The minimum absolute atomic E-state index is 0.00794. The molecule has 0 aliphatic carbocycles. The fraction of sp³-hybridized carbons (Fsp3) is 0. The Bertz CT molecular complexity index is 488. The zero-order valence-corrected chi connectivity index (χ0v) is 11.2. The second kappa shape index (κ2) is 5.84. The molecule has 0 radical (unpaired) electrons. The van der Waals surface area contributed by atoms with E-state index < -0.39 is 0 Å². The molecular formula is C13H12N2OS2. The molecule has 0 saturated heterocycles. The van der Waals surface area contributed by atoms with Crippen molar-refractivity contribution in [3.8, 4) is 0 Å². The minimum atomic E-state index is -0.00794. The van der Waals surface area contributed by atoms with Gasteiger partial charge in [0, 0.05) is 22.5 Å². The zero-order valence-electron chi connectivity index (χ0n) is 9.42. The summed E-state index contributed by atoms with van der Waals surface area (Å²) in [6, 6.07) is 14.3. The Balaban J connectivity index is 2.23. The van der Waals surface area contributed by atoms with Crippen molar-refractivity contribution in [2.24, 2.45) is 0 Å². The molecule has 0 bridgehead atoms. The molecule has 0 aliphatic heterocycles. The number of ketones is 1. The van der Waals surface area contributed by atoms with E-state index in [2.05, 4.69) is 35.1 Å². The van der Waals surface area contributed by atoms with Gasteiger partial charge < -0.3 is 9.44 Å². The Kier molecular flexibility index (Phi) is 4.17. The van der Waals surface area contributed by atoms with Crippen LogP contribution in [0.25, 0.3) is 0 Å². The number of thiol groups is 2. The van der Waals surface area contributed by atoms with Gasteiger partial charge >= 0.3 is 0 Å². The van der Waals surface area contributed by atoms with Gasteiger partial charge in [-0.05, 0) is 48.5 Å². The molecule has 0 aromatic heterocycles. The number of hydrogen-bond acceptors (Lipinski definition) is 5. The summed E-state index contributed by atoms with van der Waals surface area (Å²) in [5, 5.41) is 0. The van der Waals surface area contributed by atoms with E-state index in [0.717, 1.165) is 11.4 Å². The van der Waals surface area contributed by atoms with E-state index in [-0.39, 0.29) is 5.78 Å². The molecule has 2 rings (SSSR count). The van der Waals surface area contributed by atoms with Crippen molar-refractivity contribution in [1.82, 2.24) is 0 Å². The highest BCUT2D eigenvalue weighted by atomic mass is 32.1. The Morgan fingerprint density at radius 1 is 0.722 bits per heavy atom. The number of nitrogens with one attached hydrogen (secondary N) is 2. The number of benzene rings is 2. The Hall–Kier alpha value is -1.59. The fourth-order valence-corrected chi connectivity index (χ4v) is 1.86. The van der Waals surface area contributed by atoms with Crippen LogP contribution in [-0.2, 0) is 0 Å². The molecule has 92 valence electrons. The standard InChI is InChI=1S/C13H12N2OS2/c16-13(9-1-5-11(14-17)6-2-9)10-3-7-12(15-18)8-4-10/h1-8,14-15,17-18H. The van der Waals surface area contributed by atoms with Gasteiger partial charge in [-0.15, -0.1) is 0 Å². The Morgan fingerprint density at radius 2 is 1.06 bits per heavy atom. The van der Waals surface area contributed by atoms with E-state index in [1.54, 1.807) is 24.3 Å². The maximum absolute atomic E-state index is 12.2. The lowest BCUT2D eigenvalue weighted by Crippen LogP contribution is -2.01. The zero-order chi connectivity index (χ0) is 13.0. The van der Waals surface area contributed by atoms with Crippen molar-refractivity contribution in [3.63, 3.8) is 0 Å². The Morgan fingerprint density at radius 3 is 1.33 bits per heavy atom. The van der Waals surface area contributed by atoms with E-state index >= 15 is 0 Å². The predicted molar refractivity (Wildman–Crippen MR) is 81.5 cm³/mol. The SMILES string of the molecule is O=C(c1ccc(NS)cc1)c1ccc(NS)cc1. The summed E-state index contributed by atoms with van der Waals surface area (Å²) >= 11 is 7.88. The molecule has 3 nitrogen and oxygen atoms in total. The highest BCUT2D eigenvalue weighted by molar-refractivity contribution is 7.81. The third-order valence-electron chi connectivity index (χ3n) is 2.55. The number of carbonyl (C=O) groups is 1. The van der Waals surface area contributed by atoms with Gasteiger partial charge in [-0.1, -0.05) is 25.6 Å². The Labute approximate surface area is 117 Å². The first-order valence-electron chi connectivity index (χ1n) is 5.29. The molecule has 5 heteroatoms. The smallest absolute Gasteiger partial charge is 0.193 e. The molecule has 0 fully saturated rings. The molecule has 18 heavy (non-hydrogen) atoms. The van der Waals surface area contributed by atoms with Crippen LogP contribution in [0.2, 0.25) is 0 Å². The maximum atomic E-state index is 12.2. The van der Waals surface area contributed by atoms with Crippen LogP contribution in [0.5, 0.6) is 0 Å². The first-order valence-corrected chi connectivity index (χ1v) is 6.19. The van der Waals surface area contributed by atoms with Gasteiger partial charge in [0.25, 0.3) is 0 Å². The normalized spacial score (nSPS) is 9.89. The fourth-order valence-electron chi connectivity index (χ4n) is 1.56. The van der Waals surface area contributed by atoms with Gasteiger partial charge in [-0.25, -0.2) is 0 Å². The number of carbonyl (C=O) groups excluding carboxylic acids is 1. The van der Waals surface area contributed by atoms with Crippen LogP contribution in [0.15, 0.2) is 48.5 Å². The predicted octanol–water partition coefficient (Wildman–Crippen LogP) is 3.43. The summed E-state index contributed by atoms with van der Waals surface area (Å²) in [4.78, 5) is 12.2. The van der Waals surface area contributed by atoms with Crippen LogP contribution in [0, 0.1) is 0 Å². The molecule has 2 aromatic carbocycles.